The van der Waals surface area contributed by atoms with E-state index in [1.165, 1.54) is 5.01 Å². The molecule has 2 heterocycles. The van der Waals surface area contributed by atoms with E-state index in [4.69, 9.17) is 0 Å². The normalized spacial score (nSPS) is 28.0. The van der Waals surface area contributed by atoms with Crippen molar-refractivity contribution in [3.8, 4) is 0 Å². The highest BCUT2D eigenvalue weighted by molar-refractivity contribution is 7.09. The van der Waals surface area contributed by atoms with Crippen LogP contribution in [0.1, 0.15) is 48.7 Å². The third-order valence-electron chi connectivity index (χ3n) is 4.59. The largest absolute Gasteiger partial charge is 0.392 e. The summed E-state index contributed by atoms with van der Waals surface area (Å²) in [6.07, 6.45) is 4.20. The van der Waals surface area contributed by atoms with E-state index in [1.54, 1.807) is 11.3 Å². The topological polar surface area (TPSA) is 53.4 Å². The number of aliphatic hydroxyl groups excluding tert-OH is 1. The van der Waals surface area contributed by atoms with Crippen LogP contribution in [0.15, 0.2) is 5.38 Å². The maximum Gasteiger partial charge on any atom is 0.228 e. The van der Waals surface area contributed by atoms with Gasteiger partial charge in [-0.1, -0.05) is 0 Å². The van der Waals surface area contributed by atoms with Crippen molar-refractivity contribution in [1.29, 1.82) is 0 Å². The average Bonchev–Trinajstić information content (AvgIpc) is 3.07. The zero-order chi connectivity index (χ0) is 14.1. The molecule has 1 aromatic heterocycles. The molecule has 1 N–H and O–H groups in total. The second-order valence-corrected chi connectivity index (χ2v) is 6.92. The van der Waals surface area contributed by atoms with Crippen molar-refractivity contribution in [3.05, 3.63) is 16.1 Å². The first-order valence-corrected chi connectivity index (χ1v) is 8.42. The standard InChI is InChI=1S/C15H22N2O2S/c1-10-9-20-14(16-10)11-5-7-17(8-6-11)15(19)12-3-2-4-13(12)18/h9,11-13,18H,2-8H2,1H3. The molecule has 0 spiro atoms. The highest BCUT2D eigenvalue weighted by Gasteiger charge is 2.36. The van der Waals surface area contributed by atoms with E-state index in [-0.39, 0.29) is 11.8 Å². The highest BCUT2D eigenvalue weighted by atomic mass is 32.1. The number of hydrogen-bond acceptors (Lipinski definition) is 4. The second kappa shape index (κ2) is 5.82. The molecule has 1 amide bonds. The Hall–Kier alpha value is -0.940. The Morgan fingerprint density at radius 2 is 2.10 bits per heavy atom. The molecule has 2 aliphatic rings. The van der Waals surface area contributed by atoms with Crippen LogP contribution in [0.2, 0.25) is 0 Å². The van der Waals surface area contributed by atoms with Gasteiger partial charge in [0.15, 0.2) is 0 Å². The fourth-order valence-electron chi connectivity index (χ4n) is 3.37. The minimum Gasteiger partial charge on any atom is -0.392 e. The summed E-state index contributed by atoms with van der Waals surface area (Å²) in [6.45, 7) is 3.65. The zero-order valence-electron chi connectivity index (χ0n) is 11.9. The molecule has 1 aromatic rings. The first-order valence-electron chi connectivity index (χ1n) is 7.54. The van der Waals surface area contributed by atoms with Crippen molar-refractivity contribution in [2.75, 3.05) is 13.1 Å². The Bertz CT molecular complexity index is 480. The highest BCUT2D eigenvalue weighted by Crippen LogP contribution is 2.33. The lowest BCUT2D eigenvalue weighted by Gasteiger charge is -2.33. The molecule has 20 heavy (non-hydrogen) atoms. The molecule has 4 nitrogen and oxygen atoms in total. The van der Waals surface area contributed by atoms with E-state index in [0.29, 0.717) is 5.92 Å². The lowest BCUT2D eigenvalue weighted by Crippen LogP contribution is -2.43. The molecule has 1 saturated heterocycles. The molecule has 1 aliphatic heterocycles. The van der Waals surface area contributed by atoms with E-state index in [2.05, 4.69) is 10.4 Å². The Kier molecular flexibility index (Phi) is 4.08. The molecule has 5 heteroatoms. The van der Waals surface area contributed by atoms with Gasteiger partial charge in [-0.3, -0.25) is 4.79 Å². The summed E-state index contributed by atoms with van der Waals surface area (Å²) in [5, 5.41) is 13.2. The Labute approximate surface area is 123 Å². The van der Waals surface area contributed by atoms with Gasteiger partial charge in [0.2, 0.25) is 5.91 Å². The van der Waals surface area contributed by atoms with Crippen molar-refractivity contribution in [2.24, 2.45) is 5.92 Å². The molecule has 0 bridgehead atoms. The molecule has 1 saturated carbocycles. The van der Waals surface area contributed by atoms with Gasteiger partial charge in [-0.2, -0.15) is 0 Å². The van der Waals surface area contributed by atoms with E-state index in [0.717, 1.165) is 50.9 Å². The maximum absolute atomic E-state index is 12.4. The summed E-state index contributed by atoms with van der Waals surface area (Å²) in [7, 11) is 0. The number of nitrogens with zero attached hydrogens (tertiary/aromatic N) is 2. The van der Waals surface area contributed by atoms with E-state index >= 15 is 0 Å². The van der Waals surface area contributed by atoms with Crippen LogP contribution >= 0.6 is 11.3 Å². The number of hydrogen-bond donors (Lipinski definition) is 1. The van der Waals surface area contributed by atoms with Crippen LogP contribution in [0, 0.1) is 12.8 Å². The van der Waals surface area contributed by atoms with E-state index < -0.39 is 6.10 Å². The Morgan fingerprint density at radius 1 is 1.35 bits per heavy atom. The fraction of sp³-hybridized carbons (Fsp3) is 0.733. The molecule has 3 rings (SSSR count). The maximum atomic E-state index is 12.4. The number of aliphatic hydroxyl groups is 1. The first kappa shape index (κ1) is 14.0. The van der Waals surface area contributed by atoms with Crippen molar-refractivity contribution in [2.45, 2.75) is 51.0 Å². The van der Waals surface area contributed by atoms with Gasteiger partial charge in [-0.15, -0.1) is 11.3 Å². The first-order chi connectivity index (χ1) is 9.65. The quantitative estimate of drug-likeness (QED) is 0.910. The van der Waals surface area contributed by atoms with Crippen LogP contribution in [0.4, 0.5) is 0 Å². The van der Waals surface area contributed by atoms with Gasteiger partial charge in [0.05, 0.1) is 17.0 Å². The van der Waals surface area contributed by atoms with Crippen molar-refractivity contribution < 1.29 is 9.90 Å². The summed E-state index contributed by atoms with van der Waals surface area (Å²) >= 11 is 1.74. The van der Waals surface area contributed by atoms with Gasteiger partial charge in [-0.25, -0.2) is 4.98 Å². The molecule has 1 aliphatic carbocycles. The van der Waals surface area contributed by atoms with Crippen LogP contribution < -0.4 is 0 Å². The van der Waals surface area contributed by atoms with Crippen molar-refractivity contribution in [1.82, 2.24) is 9.88 Å². The Balaban J connectivity index is 1.57. The lowest BCUT2D eigenvalue weighted by atomic mass is 9.95. The molecular weight excluding hydrogens is 272 g/mol. The Morgan fingerprint density at radius 3 is 2.65 bits per heavy atom. The third-order valence-corrected chi connectivity index (χ3v) is 5.71. The van der Waals surface area contributed by atoms with E-state index in [1.807, 2.05) is 11.8 Å². The molecule has 110 valence electrons. The van der Waals surface area contributed by atoms with Gasteiger partial charge >= 0.3 is 0 Å². The van der Waals surface area contributed by atoms with E-state index in [9.17, 15) is 9.90 Å². The zero-order valence-corrected chi connectivity index (χ0v) is 12.7. The smallest absolute Gasteiger partial charge is 0.228 e. The number of carbonyl (C=O) groups excluding carboxylic acids is 1. The van der Waals surface area contributed by atoms with Gasteiger partial charge in [-0.05, 0) is 39.0 Å². The van der Waals surface area contributed by atoms with Crippen molar-refractivity contribution >= 4 is 17.2 Å². The van der Waals surface area contributed by atoms with Gasteiger partial charge < -0.3 is 10.0 Å². The fourth-order valence-corrected chi connectivity index (χ4v) is 4.34. The number of rotatable bonds is 2. The number of carbonyl (C=O) groups is 1. The van der Waals surface area contributed by atoms with Crippen LogP contribution in [0.25, 0.3) is 0 Å². The number of thiazole rings is 1. The number of piperidine rings is 1. The average molecular weight is 294 g/mol. The predicted molar refractivity (Wildman–Crippen MR) is 78.8 cm³/mol. The summed E-state index contributed by atoms with van der Waals surface area (Å²) in [6, 6.07) is 0. The third kappa shape index (κ3) is 2.74. The summed E-state index contributed by atoms with van der Waals surface area (Å²) in [5.41, 5.74) is 1.09. The monoisotopic (exact) mass is 294 g/mol. The summed E-state index contributed by atoms with van der Waals surface area (Å²) in [4.78, 5) is 18.9. The van der Waals surface area contributed by atoms with Gasteiger partial charge in [0, 0.05) is 30.1 Å². The number of aromatic nitrogens is 1. The molecular formula is C15H22N2O2S. The van der Waals surface area contributed by atoms with Crippen LogP contribution in [0.5, 0.6) is 0 Å². The molecule has 2 atom stereocenters. The number of likely N-dealkylation sites (tertiary alicyclic amines) is 1. The SMILES string of the molecule is Cc1csc(C2CCN(C(=O)C3CCCC3O)CC2)n1. The lowest BCUT2D eigenvalue weighted by molar-refractivity contribution is -0.139. The van der Waals surface area contributed by atoms with Crippen LogP contribution in [0.3, 0.4) is 0 Å². The predicted octanol–water partition coefficient (Wildman–Crippen LogP) is 2.32. The van der Waals surface area contributed by atoms with Gasteiger partial charge in [0.1, 0.15) is 0 Å². The molecule has 0 radical (unpaired) electrons. The molecule has 0 aromatic carbocycles. The molecule has 2 unspecified atom stereocenters. The second-order valence-electron chi connectivity index (χ2n) is 6.03. The minimum atomic E-state index is -0.415. The molecule has 2 fully saturated rings. The number of amides is 1. The van der Waals surface area contributed by atoms with Crippen LogP contribution in [-0.2, 0) is 4.79 Å². The van der Waals surface area contributed by atoms with Gasteiger partial charge in [0.25, 0.3) is 0 Å². The van der Waals surface area contributed by atoms with Crippen LogP contribution in [-0.4, -0.2) is 40.1 Å². The van der Waals surface area contributed by atoms with Crippen molar-refractivity contribution in [3.63, 3.8) is 0 Å². The summed E-state index contributed by atoms with van der Waals surface area (Å²) in [5.74, 6) is 0.531. The number of aryl methyl sites for hydroxylation is 1. The summed E-state index contributed by atoms with van der Waals surface area (Å²) < 4.78 is 0. The minimum absolute atomic E-state index is 0.145.